The number of nitrogens with one attached hydrogen (secondary N) is 1. The fraction of sp³-hybridized carbons (Fsp3) is 0.400. The average Bonchev–Trinajstić information content (AvgIpc) is 2.93. The number of likely N-dealkylation sites (N-methyl/N-ethyl adjacent to an activating group) is 1. The zero-order valence-corrected chi connectivity index (χ0v) is 19.1. The molecule has 10 nitrogen and oxygen atoms in total. The number of Topliss-reactive ketones (excluding diaryl/α,β-unsaturated/α-hetero) is 1. The summed E-state index contributed by atoms with van der Waals surface area (Å²) in [5.41, 5.74) is 2.27. The molecule has 1 aromatic heterocycles. The highest BCUT2D eigenvalue weighted by Gasteiger charge is 2.26. The van der Waals surface area contributed by atoms with Crippen LogP contribution in [0.5, 0.6) is 0 Å². The maximum absolute atomic E-state index is 12.6. The van der Waals surface area contributed by atoms with Gasteiger partial charge in [0, 0.05) is 19.7 Å². The van der Waals surface area contributed by atoms with Crippen molar-refractivity contribution in [3.63, 3.8) is 0 Å². The van der Waals surface area contributed by atoms with Gasteiger partial charge >= 0.3 is 5.97 Å². The molecule has 0 saturated carbocycles. The van der Waals surface area contributed by atoms with Crippen LogP contribution in [-0.4, -0.2) is 59.9 Å². The SMILES string of the molecule is CC(=O)c1ccc(S(=O)(=O)N(C)CC(=O)OC(C)C(=O)Nc2c(C)nn(C)c2C)cc1. The summed E-state index contributed by atoms with van der Waals surface area (Å²) in [5, 5.41) is 6.87. The Bertz CT molecular complexity index is 1110. The van der Waals surface area contributed by atoms with Gasteiger partial charge in [-0.15, -0.1) is 0 Å². The van der Waals surface area contributed by atoms with Crippen molar-refractivity contribution in [3.05, 3.63) is 41.2 Å². The van der Waals surface area contributed by atoms with E-state index in [1.807, 2.05) is 0 Å². The van der Waals surface area contributed by atoms with E-state index in [1.165, 1.54) is 45.2 Å². The molecule has 0 spiro atoms. The number of anilines is 1. The molecule has 0 fully saturated rings. The van der Waals surface area contributed by atoms with E-state index in [2.05, 4.69) is 10.4 Å². The molecule has 1 heterocycles. The molecule has 0 aliphatic heterocycles. The molecular formula is C20H26N4O6S. The molecule has 1 atom stereocenters. The summed E-state index contributed by atoms with van der Waals surface area (Å²) in [6.45, 7) is 5.71. The van der Waals surface area contributed by atoms with Crippen LogP contribution in [0.15, 0.2) is 29.2 Å². The number of carbonyl (C=O) groups excluding carboxylic acids is 3. The van der Waals surface area contributed by atoms with Gasteiger partial charge in [-0.05, 0) is 39.8 Å². The monoisotopic (exact) mass is 450 g/mol. The predicted molar refractivity (Wildman–Crippen MR) is 113 cm³/mol. The Morgan fingerprint density at radius 1 is 1.19 bits per heavy atom. The van der Waals surface area contributed by atoms with Crippen LogP contribution in [0.3, 0.4) is 0 Å². The molecule has 2 aromatic rings. The fourth-order valence-electron chi connectivity index (χ4n) is 2.78. The third kappa shape index (κ3) is 5.56. The van der Waals surface area contributed by atoms with Gasteiger partial charge in [-0.25, -0.2) is 8.42 Å². The van der Waals surface area contributed by atoms with Gasteiger partial charge in [-0.3, -0.25) is 19.1 Å². The number of ether oxygens (including phenoxy) is 1. The second kappa shape index (κ2) is 9.40. The van der Waals surface area contributed by atoms with E-state index in [4.69, 9.17) is 4.74 Å². The van der Waals surface area contributed by atoms with Crippen molar-refractivity contribution in [3.8, 4) is 0 Å². The first-order valence-corrected chi connectivity index (χ1v) is 10.9. The first-order chi connectivity index (χ1) is 14.3. The minimum Gasteiger partial charge on any atom is -0.452 e. The van der Waals surface area contributed by atoms with Gasteiger partial charge in [0.25, 0.3) is 5.91 Å². The largest absolute Gasteiger partial charge is 0.452 e. The van der Waals surface area contributed by atoms with Crippen LogP contribution in [0, 0.1) is 13.8 Å². The Kier molecular flexibility index (Phi) is 7.34. The van der Waals surface area contributed by atoms with E-state index in [-0.39, 0.29) is 10.7 Å². The molecule has 11 heteroatoms. The van der Waals surface area contributed by atoms with Gasteiger partial charge in [-0.2, -0.15) is 9.40 Å². The van der Waals surface area contributed by atoms with E-state index in [0.29, 0.717) is 16.9 Å². The van der Waals surface area contributed by atoms with Crippen LogP contribution >= 0.6 is 0 Å². The highest BCUT2D eigenvalue weighted by Crippen LogP contribution is 2.19. The van der Waals surface area contributed by atoms with Crippen molar-refractivity contribution >= 4 is 33.4 Å². The number of benzene rings is 1. The summed E-state index contributed by atoms with van der Waals surface area (Å²) < 4.78 is 32.8. The number of ketones is 1. The molecule has 1 N–H and O–H groups in total. The summed E-state index contributed by atoms with van der Waals surface area (Å²) in [6.07, 6.45) is -1.14. The van der Waals surface area contributed by atoms with Gasteiger partial charge in [0.1, 0.15) is 6.54 Å². The zero-order valence-electron chi connectivity index (χ0n) is 18.3. The molecule has 0 radical (unpaired) electrons. The highest BCUT2D eigenvalue weighted by molar-refractivity contribution is 7.89. The number of esters is 1. The molecule has 2 rings (SSSR count). The maximum atomic E-state index is 12.6. The quantitative estimate of drug-likeness (QED) is 0.476. The lowest BCUT2D eigenvalue weighted by molar-refractivity contribution is -0.153. The van der Waals surface area contributed by atoms with Crippen molar-refractivity contribution < 1.29 is 27.5 Å². The first kappa shape index (κ1) is 24.2. The number of carbonyl (C=O) groups is 3. The lowest BCUT2D eigenvalue weighted by atomic mass is 10.2. The average molecular weight is 451 g/mol. The Labute approximate surface area is 181 Å². The first-order valence-electron chi connectivity index (χ1n) is 9.42. The zero-order chi connectivity index (χ0) is 23.5. The Morgan fingerprint density at radius 2 is 1.77 bits per heavy atom. The van der Waals surface area contributed by atoms with Crippen LogP contribution in [0.4, 0.5) is 5.69 Å². The van der Waals surface area contributed by atoms with Crippen molar-refractivity contribution in [2.45, 2.75) is 38.7 Å². The van der Waals surface area contributed by atoms with Crippen LogP contribution in [-0.2, 0) is 31.4 Å². The van der Waals surface area contributed by atoms with E-state index in [1.54, 1.807) is 25.6 Å². The maximum Gasteiger partial charge on any atom is 0.322 e. The molecule has 0 aliphatic rings. The second-order valence-electron chi connectivity index (χ2n) is 7.13. The van der Waals surface area contributed by atoms with Crippen molar-refractivity contribution in [2.75, 3.05) is 18.9 Å². The van der Waals surface area contributed by atoms with Crippen molar-refractivity contribution in [2.24, 2.45) is 7.05 Å². The minimum absolute atomic E-state index is 0.0684. The molecule has 0 saturated heterocycles. The number of hydrogen-bond acceptors (Lipinski definition) is 7. The molecule has 0 bridgehead atoms. The van der Waals surface area contributed by atoms with E-state index in [0.717, 1.165) is 10.00 Å². The van der Waals surface area contributed by atoms with Crippen molar-refractivity contribution in [1.29, 1.82) is 0 Å². The van der Waals surface area contributed by atoms with Crippen LogP contribution in [0.1, 0.15) is 35.6 Å². The van der Waals surface area contributed by atoms with Gasteiger partial charge in [-0.1, -0.05) is 12.1 Å². The fourth-order valence-corrected chi connectivity index (χ4v) is 3.89. The third-order valence-corrected chi connectivity index (χ3v) is 6.57. The Morgan fingerprint density at radius 3 is 2.26 bits per heavy atom. The van der Waals surface area contributed by atoms with E-state index < -0.39 is 34.5 Å². The number of sulfonamides is 1. The summed E-state index contributed by atoms with van der Waals surface area (Å²) in [6, 6.07) is 5.39. The van der Waals surface area contributed by atoms with E-state index >= 15 is 0 Å². The number of nitrogens with zero attached hydrogens (tertiary/aromatic N) is 3. The predicted octanol–water partition coefficient (Wildman–Crippen LogP) is 1.43. The number of hydrogen-bond donors (Lipinski definition) is 1. The van der Waals surface area contributed by atoms with Gasteiger partial charge in [0.15, 0.2) is 11.9 Å². The summed E-state index contributed by atoms with van der Waals surface area (Å²) >= 11 is 0. The number of amides is 1. The third-order valence-electron chi connectivity index (χ3n) is 4.76. The Hall–Kier alpha value is -3.05. The molecule has 1 unspecified atom stereocenters. The number of rotatable bonds is 8. The van der Waals surface area contributed by atoms with Gasteiger partial charge in [0.2, 0.25) is 10.0 Å². The molecule has 31 heavy (non-hydrogen) atoms. The number of aromatic nitrogens is 2. The minimum atomic E-state index is -3.98. The molecule has 168 valence electrons. The second-order valence-corrected chi connectivity index (χ2v) is 9.18. The molecule has 1 amide bonds. The summed E-state index contributed by atoms with van der Waals surface area (Å²) in [5.74, 6) is -1.63. The number of aryl methyl sites for hydroxylation is 2. The Balaban J connectivity index is 2.00. The van der Waals surface area contributed by atoms with Gasteiger partial charge < -0.3 is 10.1 Å². The van der Waals surface area contributed by atoms with Crippen LogP contribution in [0.2, 0.25) is 0 Å². The molecular weight excluding hydrogens is 424 g/mol. The van der Waals surface area contributed by atoms with Crippen LogP contribution in [0.25, 0.3) is 0 Å². The molecule has 0 aliphatic carbocycles. The highest BCUT2D eigenvalue weighted by atomic mass is 32.2. The normalized spacial score (nSPS) is 12.5. The topological polar surface area (TPSA) is 128 Å². The lowest BCUT2D eigenvalue weighted by Gasteiger charge is -2.18. The lowest BCUT2D eigenvalue weighted by Crippen LogP contribution is -2.37. The molecule has 1 aromatic carbocycles. The standard InChI is InChI=1S/C20H26N4O6S/c1-12-19(13(2)24(6)22-12)21-20(27)15(4)30-18(26)11-23(5)31(28,29)17-9-7-16(8-10-17)14(3)25/h7-10,15H,11H2,1-6H3,(H,21,27). The van der Waals surface area contributed by atoms with Crippen LogP contribution < -0.4 is 5.32 Å². The summed E-state index contributed by atoms with van der Waals surface area (Å²) in [4.78, 5) is 35.8. The smallest absolute Gasteiger partial charge is 0.322 e. The van der Waals surface area contributed by atoms with E-state index in [9.17, 15) is 22.8 Å². The van der Waals surface area contributed by atoms with Gasteiger partial charge in [0.05, 0.1) is 22.0 Å². The summed E-state index contributed by atoms with van der Waals surface area (Å²) in [7, 11) is -1.01. The van der Waals surface area contributed by atoms with Crippen molar-refractivity contribution in [1.82, 2.24) is 14.1 Å².